The highest BCUT2D eigenvalue weighted by atomic mass is 16.5. The van der Waals surface area contributed by atoms with Crippen LogP contribution in [0.25, 0.3) is 5.65 Å². The molecule has 1 fully saturated rings. The first kappa shape index (κ1) is 18.1. The van der Waals surface area contributed by atoms with Gasteiger partial charge in [0.15, 0.2) is 11.5 Å². The first-order chi connectivity index (χ1) is 14.1. The minimum absolute atomic E-state index is 0.168. The summed E-state index contributed by atoms with van der Waals surface area (Å²) in [6.07, 6.45) is 4.59. The Balaban J connectivity index is 1.47. The minimum Gasteiger partial charge on any atom is -0.375 e. The van der Waals surface area contributed by atoms with Crippen molar-refractivity contribution >= 4 is 17.2 Å². The number of morpholine rings is 1. The quantitative estimate of drug-likeness (QED) is 0.655. The number of aryl methyl sites for hydroxylation is 1. The van der Waals surface area contributed by atoms with Crippen molar-refractivity contribution in [3.8, 4) is 0 Å². The van der Waals surface area contributed by atoms with Gasteiger partial charge in [0.25, 0.3) is 5.56 Å². The van der Waals surface area contributed by atoms with E-state index in [1.807, 2.05) is 19.2 Å². The molecular weight excluding hydrogens is 368 g/mol. The van der Waals surface area contributed by atoms with Crippen LogP contribution in [0.5, 0.6) is 0 Å². The average molecular weight is 392 g/mol. The Morgan fingerprint density at radius 2 is 2.07 bits per heavy atom. The molecule has 0 spiro atoms. The molecule has 29 heavy (non-hydrogen) atoms. The van der Waals surface area contributed by atoms with Crippen LogP contribution in [0, 0.1) is 6.92 Å². The Morgan fingerprint density at radius 3 is 2.93 bits per heavy atom. The number of hydrogen-bond acceptors (Lipinski definition) is 7. The number of rotatable bonds is 2. The first-order valence-corrected chi connectivity index (χ1v) is 10.0. The topological polar surface area (TPSA) is 75.9 Å². The van der Waals surface area contributed by atoms with Gasteiger partial charge in [-0.15, -0.1) is 5.10 Å². The van der Waals surface area contributed by atoms with E-state index in [2.05, 4.69) is 32.9 Å². The highest BCUT2D eigenvalue weighted by molar-refractivity contribution is 5.55. The molecule has 0 unspecified atom stereocenters. The molecule has 0 saturated carbocycles. The number of nitrogens with zero attached hydrogens (tertiary/aromatic N) is 6. The Bertz CT molecular complexity index is 1130. The van der Waals surface area contributed by atoms with E-state index in [0.29, 0.717) is 5.65 Å². The van der Waals surface area contributed by atoms with Crippen LogP contribution in [0.4, 0.5) is 11.5 Å². The van der Waals surface area contributed by atoms with Gasteiger partial charge in [0.1, 0.15) is 0 Å². The van der Waals surface area contributed by atoms with Crippen LogP contribution < -0.4 is 15.4 Å². The molecule has 0 aromatic carbocycles. The third-order valence-electron chi connectivity index (χ3n) is 5.67. The van der Waals surface area contributed by atoms with E-state index in [9.17, 15) is 4.79 Å². The van der Waals surface area contributed by atoms with Crippen molar-refractivity contribution in [2.45, 2.75) is 32.9 Å². The van der Waals surface area contributed by atoms with Crippen molar-refractivity contribution in [2.24, 2.45) is 0 Å². The third kappa shape index (κ3) is 3.33. The van der Waals surface area contributed by atoms with Gasteiger partial charge in [-0.2, -0.15) is 4.52 Å². The van der Waals surface area contributed by atoms with Gasteiger partial charge in [0.2, 0.25) is 0 Å². The van der Waals surface area contributed by atoms with Crippen LogP contribution >= 0.6 is 0 Å². The van der Waals surface area contributed by atoms with Gasteiger partial charge in [0, 0.05) is 50.6 Å². The zero-order valence-corrected chi connectivity index (χ0v) is 16.7. The summed E-state index contributed by atoms with van der Waals surface area (Å²) in [5.74, 6) is 0.823. The molecule has 2 aliphatic heterocycles. The highest BCUT2D eigenvalue weighted by Crippen LogP contribution is 2.27. The molecule has 5 rings (SSSR count). The van der Waals surface area contributed by atoms with Gasteiger partial charge in [-0.25, -0.2) is 4.98 Å². The van der Waals surface area contributed by atoms with E-state index in [4.69, 9.17) is 9.72 Å². The maximum Gasteiger partial charge on any atom is 0.274 e. The van der Waals surface area contributed by atoms with Crippen molar-refractivity contribution in [2.75, 3.05) is 36.0 Å². The molecule has 8 heteroatoms. The summed E-state index contributed by atoms with van der Waals surface area (Å²) in [7, 11) is 0. The van der Waals surface area contributed by atoms with Crippen LogP contribution in [0.3, 0.4) is 0 Å². The molecule has 0 amide bonds. The van der Waals surface area contributed by atoms with Crippen LogP contribution in [0.1, 0.15) is 23.7 Å². The maximum atomic E-state index is 12.2. The van der Waals surface area contributed by atoms with Crippen molar-refractivity contribution in [3.05, 3.63) is 57.8 Å². The fourth-order valence-corrected chi connectivity index (χ4v) is 4.18. The van der Waals surface area contributed by atoms with Crippen LogP contribution in [-0.2, 0) is 17.7 Å². The predicted molar refractivity (Wildman–Crippen MR) is 111 cm³/mol. The number of fused-ring (bicyclic) bond motifs is 2. The SMILES string of the molecule is Cc1cc2nccc(=O)n2nc1N1CCc2ncc(N3CCO[C@H](C)C3)cc2C1. The van der Waals surface area contributed by atoms with E-state index >= 15 is 0 Å². The highest BCUT2D eigenvalue weighted by Gasteiger charge is 2.23. The van der Waals surface area contributed by atoms with Crippen molar-refractivity contribution in [1.29, 1.82) is 0 Å². The molecule has 0 N–H and O–H groups in total. The Labute approximate surface area is 168 Å². The first-order valence-electron chi connectivity index (χ1n) is 10.0. The lowest BCUT2D eigenvalue weighted by atomic mass is 10.0. The van der Waals surface area contributed by atoms with E-state index in [1.54, 1.807) is 0 Å². The molecular formula is C21H24N6O2. The third-order valence-corrected chi connectivity index (χ3v) is 5.67. The van der Waals surface area contributed by atoms with Gasteiger partial charge < -0.3 is 14.5 Å². The summed E-state index contributed by atoms with van der Waals surface area (Å²) in [5, 5.41) is 4.61. The van der Waals surface area contributed by atoms with E-state index in [0.717, 1.165) is 62.0 Å². The van der Waals surface area contributed by atoms with E-state index in [1.165, 1.54) is 22.3 Å². The van der Waals surface area contributed by atoms with Gasteiger partial charge in [-0.3, -0.25) is 9.78 Å². The average Bonchev–Trinajstić information content (AvgIpc) is 2.73. The lowest BCUT2D eigenvalue weighted by molar-refractivity contribution is 0.0532. The molecule has 8 nitrogen and oxygen atoms in total. The molecule has 1 saturated heterocycles. The molecule has 0 bridgehead atoms. The Morgan fingerprint density at radius 1 is 1.17 bits per heavy atom. The molecule has 0 aliphatic carbocycles. The maximum absolute atomic E-state index is 12.2. The fraction of sp³-hybridized carbons (Fsp3) is 0.429. The standard InChI is InChI=1S/C21H24N6O2/c1-14-9-19-22-5-3-20(28)27(19)24-21(14)26-6-4-18-16(13-26)10-17(11-23-18)25-7-8-29-15(2)12-25/h3,5,9-11,15H,4,6-8,12-13H2,1-2H3/t15-/m1/s1. The second-order valence-electron chi connectivity index (χ2n) is 7.80. The molecule has 0 radical (unpaired) electrons. The van der Waals surface area contributed by atoms with E-state index < -0.39 is 0 Å². The fourth-order valence-electron chi connectivity index (χ4n) is 4.18. The molecule has 150 valence electrons. The van der Waals surface area contributed by atoms with Crippen LogP contribution in [0.2, 0.25) is 0 Å². The van der Waals surface area contributed by atoms with Crippen molar-refractivity contribution < 1.29 is 4.74 Å². The summed E-state index contributed by atoms with van der Waals surface area (Å²) in [6, 6.07) is 5.60. The molecule has 3 aromatic rings. The Kier molecular flexibility index (Phi) is 4.43. The Hall–Kier alpha value is -3.00. The monoisotopic (exact) mass is 392 g/mol. The van der Waals surface area contributed by atoms with Gasteiger partial charge in [0.05, 0.1) is 24.6 Å². The number of pyridine rings is 1. The van der Waals surface area contributed by atoms with Crippen molar-refractivity contribution in [1.82, 2.24) is 19.6 Å². The zero-order chi connectivity index (χ0) is 20.0. The predicted octanol–water partition coefficient (Wildman–Crippen LogP) is 1.58. The lowest BCUT2D eigenvalue weighted by Crippen LogP contribution is -2.41. The zero-order valence-electron chi connectivity index (χ0n) is 16.7. The minimum atomic E-state index is -0.168. The number of anilines is 2. The summed E-state index contributed by atoms with van der Waals surface area (Å²) in [4.78, 5) is 25.7. The summed E-state index contributed by atoms with van der Waals surface area (Å²) in [5.41, 5.74) is 4.92. The van der Waals surface area contributed by atoms with Crippen LogP contribution in [-0.4, -0.2) is 51.9 Å². The van der Waals surface area contributed by atoms with E-state index in [-0.39, 0.29) is 11.7 Å². The number of ether oxygens (including phenoxy) is 1. The van der Waals surface area contributed by atoms with Gasteiger partial charge >= 0.3 is 0 Å². The second-order valence-corrected chi connectivity index (χ2v) is 7.80. The number of aromatic nitrogens is 4. The molecule has 1 atom stereocenters. The molecule has 2 aliphatic rings. The molecule has 5 heterocycles. The largest absolute Gasteiger partial charge is 0.375 e. The summed E-state index contributed by atoms with van der Waals surface area (Å²) < 4.78 is 7.04. The summed E-state index contributed by atoms with van der Waals surface area (Å²) in [6.45, 7) is 8.17. The smallest absolute Gasteiger partial charge is 0.274 e. The van der Waals surface area contributed by atoms with Crippen LogP contribution in [0.15, 0.2) is 35.4 Å². The normalized spacial score (nSPS) is 19.4. The number of hydrogen-bond donors (Lipinski definition) is 0. The summed E-state index contributed by atoms with van der Waals surface area (Å²) >= 11 is 0. The van der Waals surface area contributed by atoms with Gasteiger partial charge in [-0.05, 0) is 37.1 Å². The molecule has 3 aromatic heterocycles. The van der Waals surface area contributed by atoms with Gasteiger partial charge in [-0.1, -0.05) is 0 Å². The lowest BCUT2D eigenvalue weighted by Gasteiger charge is -2.34. The van der Waals surface area contributed by atoms with Crippen molar-refractivity contribution in [3.63, 3.8) is 0 Å². The second kappa shape index (κ2) is 7.11.